The van der Waals surface area contributed by atoms with E-state index in [0.29, 0.717) is 37.2 Å². The lowest BCUT2D eigenvalue weighted by Crippen LogP contribution is -2.52. The van der Waals surface area contributed by atoms with E-state index in [1.165, 1.54) is 11.1 Å². The number of anilines is 1. The molecule has 1 amide bonds. The fourth-order valence-electron chi connectivity index (χ4n) is 9.37. The van der Waals surface area contributed by atoms with Crippen LogP contribution in [-0.4, -0.2) is 85.5 Å². The Hall–Kier alpha value is -2.30. The molecule has 8 atom stereocenters. The summed E-state index contributed by atoms with van der Waals surface area (Å²) in [6.07, 6.45) is 7.10. The molecule has 7 rings (SSSR count). The smallest absolute Gasteiger partial charge is 0.262 e. The number of likely N-dealkylation sites (N-methyl/N-ethyl adjacent to an activating group) is 1. The fraction of sp³-hybridized carbons (Fsp3) is 0.650. The minimum Gasteiger partial charge on any atom is -0.490 e. The number of amides is 1. The average Bonchev–Trinajstić information content (AvgIpc) is 3.23. The molecule has 2 bridgehead atoms. The molecule has 1 saturated heterocycles. The molecule has 1 saturated carbocycles. The summed E-state index contributed by atoms with van der Waals surface area (Å²) in [6, 6.07) is 12.3. The van der Waals surface area contributed by atoms with Crippen LogP contribution < -0.4 is 14.4 Å². The van der Waals surface area contributed by atoms with Gasteiger partial charge in [0, 0.05) is 40.3 Å². The summed E-state index contributed by atoms with van der Waals surface area (Å²) in [5, 5.41) is 0.472. The summed E-state index contributed by atoms with van der Waals surface area (Å²) in [7, 11) is 1.23. The molecule has 3 heterocycles. The van der Waals surface area contributed by atoms with Crippen LogP contribution in [0.1, 0.15) is 80.8 Å². The number of carbonyl (C=O) groups excluding carboxylic acids is 1. The molecule has 2 aromatic rings. The Morgan fingerprint density at radius 1 is 1.02 bits per heavy atom. The number of ether oxygens (including phenoxy) is 3. The molecule has 5 aliphatic rings. The maximum atomic E-state index is 14.1. The zero-order valence-corrected chi connectivity index (χ0v) is 32.1. The first kappa shape index (κ1) is 36.1. The van der Waals surface area contributed by atoms with Gasteiger partial charge in [-0.3, -0.25) is 9.52 Å². The molecule has 1 N–H and O–H groups in total. The molecule has 3 aliphatic heterocycles. The highest BCUT2D eigenvalue weighted by molar-refractivity contribution is 7.99. The summed E-state index contributed by atoms with van der Waals surface area (Å²) in [4.78, 5) is 18.5. The van der Waals surface area contributed by atoms with Crippen LogP contribution in [-0.2, 0) is 31.0 Å². The van der Waals surface area contributed by atoms with Crippen molar-refractivity contribution in [2.75, 3.05) is 51.9 Å². The topological polar surface area (TPSA) is 80.3 Å². The van der Waals surface area contributed by atoms with Crippen molar-refractivity contribution in [3.8, 4) is 5.75 Å². The van der Waals surface area contributed by atoms with Crippen LogP contribution in [0.5, 0.6) is 5.75 Å². The van der Waals surface area contributed by atoms with Gasteiger partial charge in [0.25, 0.3) is 5.91 Å². The lowest BCUT2D eigenvalue weighted by Gasteiger charge is -2.49. The second-order valence-corrected chi connectivity index (χ2v) is 19.2. The van der Waals surface area contributed by atoms with Crippen molar-refractivity contribution in [2.45, 2.75) is 88.7 Å². The van der Waals surface area contributed by atoms with E-state index in [2.05, 4.69) is 60.5 Å². The fourth-order valence-corrected chi connectivity index (χ4v) is 11.1. The Kier molecular flexibility index (Phi) is 10.3. The third kappa shape index (κ3) is 6.94. The van der Waals surface area contributed by atoms with Crippen molar-refractivity contribution in [1.82, 2.24) is 9.62 Å². The van der Waals surface area contributed by atoms with E-state index in [9.17, 15) is 9.00 Å². The maximum Gasteiger partial charge on any atom is 0.262 e. The largest absolute Gasteiger partial charge is 0.490 e. The van der Waals surface area contributed by atoms with E-state index in [1.807, 2.05) is 25.1 Å². The summed E-state index contributed by atoms with van der Waals surface area (Å²) in [6.45, 7) is 9.91. The third-order valence-corrected chi connectivity index (χ3v) is 15.6. The van der Waals surface area contributed by atoms with Gasteiger partial charge < -0.3 is 24.0 Å². The Balaban J connectivity index is 1.28. The lowest BCUT2D eigenvalue weighted by atomic mass is 9.64. The van der Waals surface area contributed by atoms with Crippen LogP contribution in [0.15, 0.2) is 36.4 Å². The molecule has 1 unspecified atom stereocenters. The summed E-state index contributed by atoms with van der Waals surface area (Å²) in [5.41, 5.74) is 3.82. The molecule has 8 nitrogen and oxygen atoms in total. The van der Waals surface area contributed by atoms with Crippen LogP contribution in [0.25, 0.3) is 0 Å². The highest BCUT2D eigenvalue weighted by atomic mass is 35.5. The first-order valence-electron chi connectivity index (χ1n) is 18.7. The monoisotopic (exact) mass is 725 g/mol. The molecule has 1 spiro atoms. The molecule has 10 heteroatoms. The number of benzene rings is 2. The van der Waals surface area contributed by atoms with Gasteiger partial charge in [0.15, 0.2) is 6.29 Å². The predicted molar refractivity (Wildman–Crippen MR) is 203 cm³/mol. The third-order valence-electron chi connectivity index (χ3n) is 13.2. The van der Waals surface area contributed by atoms with E-state index in [1.54, 1.807) is 6.07 Å². The van der Waals surface area contributed by atoms with Crippen LogP contribution in [0.3, 0.4) is 0 Å². The zero-order chi connectivity index (χ0) is 35.4. The number of hydrogen-bond acceptors (Lipinski definition) is 7. The summed E-state index contributed by atoms with van der Waals surface area (Å²) < 4.78 is 36.8. The van der Waals surface area contributed by atoms with Gasteiger partial charge in [-0.05, 0) is 137 Å². The maximum absolute atomic E-state index is 14.1. The van der Waals surface area contributed by atoms with Crippen molar-refractivity contribution < 1.29 is 23.2 Å². The van der Waals surface area contributed by atoms with Gasteiger partial charge in [-0.15, -0.1) is 0 Å². The number of fused-ring (bicyclic) bond motifs is 4. The molecular weight excluding hydrogens is 670 g/mol. The van der Waals surface area contributed by atoms with Crippen molar-refractivity contribution in [1.29, 1.82) is 0 Å². The van der Waals surface area contributed by atoms with Crippen molar-refractivity contribution in [3.63, 3.8) is 0 Å². The van der Waals surface area contributed by atoms with Gasteiger partial charge in [-0.25, -0.2) is 4.21 Å². The SMILES string of the molecule is C=S1(=O)NC(=O)c2ccc3c(c2)N(C[C@@H]2CC[C@H]2[C@@H](C2OCC(N(C)C)CO2)CC[C@@H](C)[C@@H](C)[C@H]1C)C[C@@]1(CCCc2cc(Cl)ccc21)CO3. The summed E-state index contributed by atoms with van der Waals surface area (Å²) in [5.74, 6) is 6.07. The van der Waals surface area contributed by atoms with Crippen LogP contribution in [0.2, 0.25) is 5.02 Å². The highest BCUT2D eigenvalue weighted by Crippen LogP contribution is 2.49. The number of carbonyl (C=O) groups is 1. The number of nitrogens with zero attached hydrogens (tertiary/aromatic N) is 2. The van der Waals surface area contributed by atoms with Gasteiger partial charge in [0.1, 0.15) is 5.75 Å². The van der Waals surface area contributed by atoms with E-state index < -0.39 is 9.71 Å². The van der Waals surface area contributed by atoms with Gasteiger partial charge in [0.05, 0.1) is 41.3 Å². The zero-order valence-electron chi connectivity index (χ0n) is 30.5. The van der Waals surface area contributed by atoms with E-state index in [4.69, 9.17) is 25.8 Å². The van der Waals surface area contributed by atoms with Gasteiger partial charge in [-0.2, -0.15) is 0 Å². The van der Waals surface area contributed by atoms with E-state index in [0.717, 1.165) is 74.5 Å². The minimum absolute atomic E-state index is 0.0951. The Morgan fingerprint density at radius 3 is 2.50 bits per heavy atom. The number of rotatable bonds is 2. The second-order valence-electron chi connectivity index (χ2n) is 16.4. The predicted octanol–water partition coefficient (Wildman–Crippen LogP) is 6.57. The van der Waals surface area contributed by atoms with Gasteiger partial charge in [0.2, 0.25) is 0 Å². The second kappa shape index (κ2) is 14.3. The molecule has 2 aliphatic carbocycles. The van der Waals surface area contributed by atoms with Crippen molar-refractivity contribution >= 4 is 38.8 Å². The Morgan fingerprint density at radius 2 is 1.78 bits per heavy atom. The summed E-state index contributed by atoms with van der Waals surface area (Å²) >= 11 is 6.50. The standard InChI is InChI=1S/C40H56ClN3O5S/c1-25-9-13-34(39-47-21-32(22-48-39)43(4)5)33-14-10-30(33)20-44-23-40(17-7-8-28-18-31(41)12-15-35(28)40)24-49-37-16-11-29(19-36(37)44)38(45)42-50(6,46)27(3)26(25)2/h11-12,15-16,18-19,25-27,30,32-34,39H,6-10,13-14,17,20-24H2,1-5H3,(H,42,45,46)/t25-,26-,27-,30+,32?,33-,34+,39?,40+,50?/m1/s1. The number of nitrogens with one attached hydrogen (secondary N) is 1. The number of aryl methyl sites for hydroxylation is 1. The molecule has 0 radical (unpaired) electrons. The quantitative estimate of drug-likeness (QED) is 0.351. The number of hydrogen-bond donors (Lipinski definition) is 1. The van der Waals surface area contributed by atoms with E-state index in [-0.39, 0.29) is 46.7 Å². The van der Waals surface area contributed by atoms with Gasteiger partial charge >= 0.3 is 0 Å². The minimum atomic E-state index is -2.94. The molecule has 2 fully saturated rings. The van der Waals surface area contributed by atoms with Crippen LogP contribution in [0.4, 0.5) is 5.69 Å². The van der Waals surface area contributed by atoms with Crippen LogP contribution in [0, 0.1) is 29.6 Å². The van der Waals surface area contributed by atoms with Crippen LogP contribution >= 0.6 is 11.6 Å². The Labute approximate surface area is 304 Å². The average molecular weight is 726 g/mol. The molecule has 50 heavy (non-hydrogen) atoms. The Bertz CT molecular complexity index is 1680. The number of halogens is 1. The molecule has 0 aromatic heterocycles. The van der Waals surface area contributed by atoms with Gasteiger partial charge in [-0.1, -0.05) is 31.5 Å². The first-order chi connectivity index (χ1) is 23.8. The van der Waals surface area contributed by atoms with Crippen molar-refractivity contribution in [3.05, 3.63) is 58.1 Å². The first-order valence-corrected chi connectivity index (χ1v) is 20.9. The highest BCUT2D eigenvalue weighted by Gasteiger charge is 2.47. The molecule has 274 valence electrons. The normalized spacial score (nSPS) is 37.9. The van der Waals surface area contributed by atoms with Crippen molar-refractivity contribution in [2.24, 2.45) is 29.6 Å². The molecular formula is C40H56ClN3O5S. The van der Waals surface area contributed by atoms with E-state index >= 15 is 0 Å². The molecule has 2 aromatic carbocycles. The lowest BCUT2D eigenvalue weighted by molar-refractivity contribution is -0.241.